The minimum absolute atomic E-state index is 0.260. The molecule has 1 unspecified atom stereocenters. The van der Waals surface area contributed by atoms with Gasteiger partial charge >= 0.3 is 0 Å². The zero-order valence-electron chi connectivity index (χ0n) is 10.0. The van der Waals surface area contributed by atoms with Crippen LogP contribution in [0.5, 0.6) is 0 Å². The average molecular weight is 261 g/mol. The third kappa shape index (κ3) is 4.86. The first-order chi connectivity index (χ1) is 7.92. The van der Waals surface area contributed by atoms with E-state index in [1.807, 2.05) is 0 Å². The van der Waals surface area contributed by atoms with Gasteiger partial charge < -0.3 is 15.0 Å². The van der Waals surface area contributed by atoms with Crippen molar-refractivity contribution in [2.24, 2.45) is 7.05 Å². The van der Waals surface area contributed by atoms with Crippen molar-refractivity contribution in [2.75, 3.05) is 19.6 Å². The number of hydrogen-bond acceptors (Lipinski definition) is 4. The Morgan fingerprint density at radius 2 is 2.18 bits per heavy atom. The van der Waals surface area contributed by atoms with Crippen molar-refractivity contribution >= 4 is 10.0 Å². The summed E-state index contributed by atoms with van der Waals surface area (Å²) < 4.78 is 27.6. The lowest BCUT2D eigenvalue weighted by molar-refractivity contribution is 0.192. The second-order valence-electron chi connectivity index (χ2n) is 3.96. The summed E-state index contributed by atoms with van der Waals surface area (Å²) in [6.07, 6.45) is 2.80. The molecule has 17 heavy (non-hydrogen) atoms. The number of aliphatic hydroxyl groups is 1. The number of aliphatic hydroxyl groups excluding tert-OH is 1. The van der Waals surface area contributed by atoms with Crippen LogP contribution >= 0.6 is 0 Å². The Morgan fingerprint density at radius 3 is 2.71 bits per heavy atom. The lowest BCUT2D eigenvalue weighted by Gasteiger charge is -2.07. The second kappa shape index (κ2) is 6.15. The topological polar surface area (TPSA) is 83.4 Å². The highest BCUT2D eigenvalue weighted by atomic mass is 32.2. The van der Waals surface area contributed by atoms with Crippen LogP contribution < -0.4 is 10.0 Å². The maximum absolute atomic E-state index is 11.7. The van der Waals surface area contributed by atoms with Crippen LogP contribution in [0.1, 0.15) is 6.92 Å². The Hall–Kier alpha value is -0.890. The fraction of sp³-hybridized carbons (Fsp3) is 0.600. The van der Waals surface area contributed by atoms with E-state index in [0.717, 1.165) is 0 Å². The van der Waals surface area contributed by atoms with Gasteiger partial charge in [-0.15, -0.1) is 0 Å². The maximum Gasteiger partial charge on any atom is 0.242 e. The van der Waals surface area contributed by atoms with Crippen LogP contribution in [0.3, 0.4) is 0 Å². The molecule has 0 aliphatic carbocycles. The first kappa shape index (κ1) is 14.2. The second-order valence-corrected chi connectivity index (χ2v) is 5.73. The van der Waals surface area contributed by atoms with E-state index in [9.17, 15) is 8.42 Å². The summed E-state index contributed by atoms with van der Waals surface area (Å²) >= 11 is 0. The van der Waals surface area contributed by atoms with Gasteiger partial charge in [-0.1, -0.05) is 0 Å². The van der Waals surface area contributed by atoms with Crippen molar-refractivity contribution in [3.8, 4) is 0 Å². The summed E-state index contributed by atoms with van der Waals surface area (Å²) in [5, 5.41) is 11.9. The van der Waals surface area contributed by atoms with Crippen molar-refractivity contribution in [2.45, 2.75) is 17.9 Å². The van der Waals surface area contributed by atoms with Gasteiger partial charge in [0, 0.05) is 39.1 Å². The van der Waals surface area contributed by atoms with E-state index >= 15 is 0 Å². The van der Waals surface area contributed by atoms with Crippen LogP contribution in [-0.2, 0) is 17.1 Å². The van der Waals surface area contributed by atoms with Crippen LogP contribution in [0, 0.1) is 0 Å². The van der Waals surface area contributed by atoms with E-state index in [4.69, 9.17) is 5.11 Å². The van der Waals surface area contributed by atoms with Crippen LogP contribution in [-0.4, -0.2) is 43.8 Å². The van der Waals surface area contributed by atoms with E-state index < -0.39 is 16.1 Å². The largest absolute Gasteiger partial charge is 0.392 e. The van der Waals surface area contributed by atoms with Gasteiger partial charge in [-0.25, -0.2) is 13.1 Å². The molecule has 1 rings (SSSR count). The standard InChI is InChI=1S/C10H19N3O3S/c1-9(14)7-11-4-5-12-17(15,16)10-3-6-13(2)8-10/h3,6,8-9,11-12,14H,4-5,7H2,1-2H3. The monoisotopic (exact) mass is 261 g/mol. The summed E-state index contributed by atoms with van der Waals surface area (Å²) in [5.74, 6) is 0. The molecular formula is C10H19N3O3S. The molecule has 0 spiro atoms. The third-order valence-electron chi connectivity index (χ3n) is 2.15. The molecule has 1 aromatic heterocycles. The van der Waals surface area contributed by atoms with Crippen molar-refractivity contribution in [1.82, 2.24) is 14.6 Å². The Balaban J connectivity index is 2.36. The molecule has 1 aromatic rings. The van der Waals surface area contributed by atoms with Gasteiger partial charge in [-0.2, -0.15) is 0 Å². The number of nitrogens with one attached hydrogen (secondary N) is 2. The van der Waals surface area contributed by atoms with Gasteiger partial charge in [-0.05, 0) is 13.0 Å². The van der Waals surface area contributed by atoms with Crippen LogP contribution in [0.4, 0.5) is 0 Å². The van der Waals surface area contributed by atoms with E-state index in [1.54, 1.807) is 37.0 Å². The molecule has 7 heteroatoms. The Kier molecular flexibility index (Phi) is 5.13. The molecule has 0 bridgehead atoms. The van der Waals surface area contributed by atoms with Gasteiger partial charge in [0.05, 0.1) is 11.0 Å². The van der Waals surface area contributed by atoms with Gasteiger partial charge in [-0.3, -0.25) is 0 Å². The Bertz CT molecular complexity index is 439. The number of aromatic nitrogens is 1. The first-order valence-corrected chi connectivity index (χ1v) is 6.90. The minimum Gasteiger partial charge on any atom is -0.392 e. The third-order valence-corrected chi connectivity index (χ3v) is 3.59. The normalized spacial score (nSPS) is 13.8. The molecule has 0 aliphatic rings. The molecule has 0 aromatic carbocycles. The molecule has 0 radical (unpaired) electrons. The summed E-state index contributed by atoms with van der Waals surface area (Å²) in [4.78, 5) is 0.260. The number of nitrogens with zero attached hydrogens (tertiary/aromatic N) is 1. The quantitative estimate of drug-likeness (QED) is 0.565. The number of sulfonamides is 1. The summed E-state index contributed by atoms with van der Waals surface area (Å²) in [7, 11) is -1.65. The predicted octanol–water partition coefficient (Wildman–Crippen LogP) is -0.726. The van der Waals surface area contributed by atoms with E-state index in [-0.39, 0.29) is 4.90 Å². The van der Waals surface area contributed by atoms with E-state index in [2.05, 4.69) is 10.0 Å². The first-order valence-electron chi connectivity index (χ1n) is 5.42. The van der Waals surface area contributed by atoms with Crippen LogP contribution in [0.2, 0.25) is 0 Å². The SMILES string of the molecule is CC(O)CNCCNS(=O)(=O)c1ccn(C)c1. The van der Waals surface area contributed by atoms with Crippen molar-refractivity contribution in [1.29, 1.82) is 0 Å². The van der Waals surface area contributed by atoms with Crippen molar-refractivity contribution in [3.05, 3.63) is 18.5 Å². The number of hydrogen-bond donors (Lipinski definition) is 3. The smallest absolute Gasteiger partial charge is 0.242 e. The molecular weight excluding hydrogens is 242 g/mol. The average Bonchev–Trinajstić information content (AvgIpc) is 2.64. The fourth-order valence-electron chi connectivity index (χ4n) is 1.30. The van der Waals surface area contributed by atoms with Crippen LogP contribution in [0.25, 0.3) is 0 Å². The molecule has 3 N–H and O–H groups in total. The summed E-state index contributed by atoms with van der Waals surface area (Å²) in [5.41, 5.74) is 0. The lowest BCUT2D eigenvalue weighted by atomic mass is 10.4. The molecule has 0 saturated heterocycles. The molecule has 0 fully saturated rings. The number of rotatable bonds is 7. The molecule has 1 heterocycles. The summed E-state index contributed by atoms with van der Waals surface area (Å²) in [6.45, 7) is 2.90. The van der Waals surface area contributed by atoms with E-state index in [1.165, 1.54) is 0 Å². The lowest BCUT2D eigenvalue weighted by Crippen LogP contribution is -2.34. The predicted molar refractivity (Wildman–Crippen MR) is 65.2 cm³/mol. The minimum atomic E-state index is -3.41. The summed E-state index contributed by atoms with van der Waals surface area (Å²) in [6, 6.07) is 1.55. The van der Waals surface area contributed by atoms with Gasteiger partial charge in [0.25, 0.3) is 0 Å². The zero-order chi connectivity index (χ0) is 12.9. The van der Waals surface area contributed by atoms with Gasteiger partial charge in [0.15, 0.2) is 0 Å². The highest BCUT2D eigenvalue weighted by Gasteiger charge is 2.13. The highest BCUT2D eigenvalue weighted by molar-refractivity contribution is 7.89. The number of aryl methyl sites for hydroxylation is 1. The van der Waals surface area contributed by atoms with E-state index in [0.29, 0.717) is 19.6 Å². The highest BCUT2D eigenvalue weighted by Crippen LogP contribution is 2.07. The molecule has 6 nitrogen and oxygen atoms in total. The molecule has 0 saturated carbocycles. The van der Waals surface area contributed by atoms with Crippen molar-refractivity contribution < 1.29 is 13.5 Å². The van der Waals surface area contributed by atoms with Gasteiger partial charge in [0.1, 0.15) is 0 Å². The molecule has 1 atom stereocenters. The van der Waals surface area contributed by atoms with Gasteiger partial charge in [0.2, 0.25) is 10.0 Å². The molecule has 0 amide bonds. The maximum atomic E-state index is 11.7. The van der Waals surface area contributed by atoms with Crippen molar-refractivity contribution in [3.63, 3.8) is 0 Å². The molecule has 0 aliphatic heterocycles. The zero-order valence-corrected chi connectivity index (χ0v) is 10.9. The Morgan fingerprint density at radius 1 is 1.47 bits per heavy atom. The molecule has 98 valence electrons. The fourth-order valence-corrected chi connectivity index (χ4v) is 2.39. The Labute approximate surface area is 102 Å². The van der Waals surface area contributed by atoms with Crippen LogP contribution in [0.15, 0.2) is 23.4 Å².